The van der Waals surface area contributed by atoms with E-state index >= 15 is 0 Å². The molecule has 0 aliphatic heterocycles. The summed E-state index contributed by atoms with van der Waals surface area (Å²) in [6, 6.07) is 0. The molecular formula is C7H6BrI. The second kappa shape index (κ2) is 2.09. The van der Waals surface area contributed by atoms with Crippen LogP contribution in [0.5, 0.6) is 0 Å². The van der Waals surface area contributed by atoms with E-state index in [9.17, 15) is 0 Å². The van der Waals surface area contributed by atoms with Crippen molar-refractivity contribution in [3.8, 4) is 0 Å². The van der Waals surface area contributed by atoms with Crippen LogP contribution in [0.25, 0.3) is 0 Å². The lowest BCUT2D eigenvalue weighted by atomic mass is 10.2. The van der Waals surface area contributed by atoms with Gasteiger partial charge in [-0.1, -0.05) is 28.1 Å². The molecular weight excluding hydrogens is 291 g/mol. The Bertz CT molecular complexity index is 185. The van der Waals surface area contributed by atoms with E-state index in [1.165, 1.54) is 14.5 Å². The summed E-state index contributed by atoms with van der Waals surface area (Å²) in [5, 5.41) is 0. The molecule has 0 N–H and O–H groups in total. The molecule has 9 heavy (non-hydrogen) atoms. The Labute approximate surface area is 76.7 Å². The molecule has 0 amide bonds. The standard InChI is InChI=1S/C7H6BrI/c8-6-4-1-2-5(3-4)7(6)9/h1-2,4-5H,3H2. The minimum Gasteiger partial charge on any atom is -0.0798 e. The average molecular weight is 297 g/mol. The van der Waals surface area contributed by atoms with Crippen molar-refractivity contribution in [2.24, 2.45) is 11.8 Å². The maximum Gasteiger partial charge on any atom is 0.0118 e. The van der Waals surface area contributed by atoms with Gasteiger partial charge in [-0.2, -0.15) is 0 Å². The van der Waals surface area contributed by atoms with Gasteiger partial charge < -0.3 is 0 Å². The average Bonchev–Trinajstić information content (AvgIpc) is 2.37. The Kier molecular flexibility index (Phi) is 1.49. The molecule has 0 heterocycles. The zero-order chi connectivity index (χ0) is 6.43. The summed E-state index contributed by atoms with van der Waals surface area (Å²) >= 11 is 6.01. The third kappa shape index (κ3) is 0.827. The van der Waals surface area contributed by atoms with Crippen molar-refractivity contribution in [2.45, 2.75) is 6.42 Å². The molecule has 0 saturated heterocycles. The molecule has 0 fully saturated rings. The first-order valence-corrected chi connectivity index (χ1v) is 4.89. The first kappa shape index (κ1) is 6.40. The van der Waals surface area contributed by atoms with Crippen LogP contribution in [0.4, 0.5) is 0 Å². The van der Waals surface area contributed by atoms with Crippen molar-refractivity contribution in [1.82, 2.24) is 0 Å². The molecule has 2 aliphatic carbocycles. The molecule has 0 radical (unpaired) electrons. The van der Waals surface area contributed by atoms with Crippen LogP contribution in [0, 0.1) is 11.8 Å². The minimum atomic E-state index is 0.724. The van der Waals surface area contributed by atoms with Gasteiger partial charge in [0.15, 0.2) is 0 Å². The number of hydrogen-bond acceptors (Lipinski definition) is 0. The molecule has 2 aliphatic rings. The lowest BCUT2D eigenvalue weighted by Gasteiger charge is -2.02. The fourth-order valence-corrected chi connectivity index (χ4v) is 2.92. The topological polar surface area (TPSA) is 0 Å². The van der Waals surface area contributed by atoms with Crippen molar-refractivity contribution < 1.29 is 0 Å². The lowest BCUT2D eigenvalue weighted by molar-refractivity contribution is 0.727. The molecule has 0 nitrogen and oxygen atoms in total. The van der Waals surface area contributed by atoms with Crippen molar-refractivity contribution in [3.63, 3.8) is 0 Å². The summed E-state index contributed by atoms with van der Waals surface area (Å²) in [5.41, 5.74) is 0. The van der Waals surface area contributed by atoms with Gasteiger partial charge in [-0.3, -0.25) is 0 Å². The number of fused-ring (bicyclic) bond motifs is 2. The largest absolute Gasteiger partial charge is 0.0798 e. The van der Waals surface area contributed by atoms with Gasteiger partial charge in [-0.25, -0.2) is 0 Å². The molecule has 2 atom stereocenters. The monoisotopic (exact) mass is 296 g/mol. The molecule has 2 heteroatoms. The highest BCUT2D eigenvalue weighted by Gasteiger charge is 2.32. The van der Waals surface area contributed by atoms with Gasteiger partial charge in [0.05, 0.1) is 0 Å². The Morgan fingerprint density at radius 3 is 2.44 bits per heavy atom. The highest BCUT2D eigenvalue weighted by Crippen LogP contribution is 2.48. The zero-order valence-corrected chi connectivity index (χ0v) is 8.52. The summed E-state index contributed by atoms with van der Waals surface area (Å²) in [6.07, 6.45) is 5.94. The Balaban J connectivity index is 2.41. The SMILES string of the molecule is BrC1=C(I)C2C=CC1C2. The smallest absolute Gasteiger partial charge is 0.0118 e. The molecule has 0 aromatic heterocycles. The fourth-order valence-electron chi connectivity index (χ4n) is 1.43. The van der Waals surface area contributed by atoms with E-state index in [0.717, 1.165) is 11.8 Å². The van der Waals surface area contributed by atoms with Gasteiger partial charge >= 0.3 is 0 Å². The predicted octanol–water partition coefficient (Wildman–Crippen LogP) is 3.23. The lowest BCUT2D eigenvalue weighted by Crippen LogP contribution is -1.85. The Hall–Kier alpha value is 0.690. The quantitative estimate of drug-likeness (QED) is 0.476. The van der Waals surface area contributed by atoms with Gasteiger partial charge in [0.2, 0.25) is 0 Å². The van der Waals surface area contributed by atoms with Crippen molar-refractivity contribution in [2.75, 3.05) is 0 Å². The van der Waals surface area contributed by atoms with Crippen LogP contribution in [-0.2, 0) is 0 Å². The van der Waals surface area contributed by atoms with E-state index < -0.39 is 0 Å². The molecule has 48 valence electrons. The summed E-state index contributed by atoms with van der Waals surface area (Å²) in [5.74, 6) is 1.48. The maximum absolute atomic E-state index is 3.58. The van der Waals surface area contributed by atoms with Gasteiger partial charge in [-0.05, 0) is 29.0 Å². The van der Waals surface area contributed by atoms with Crippen LogP contribution in [0.2, 0.25) is 0 Å². The predicted molar refractivity (Wildman–Crippen MR) is 50.7 cm³/mol. The van der Waals surface area contributed by atoms with E-state index in [0.29, 0.717) is 0 Å². The Morgan fingerprint density at radius 1 is 1.44 bits per heavy atom. The highest BCUT2D eigenvalue weighted by atomic mass is 127. The van der Waals surface area contributed by atoms with E-state index in [4.69, 9.17) is 0 Å². The summed E-state index contributed by atoms with van der Waals surface area (Å²) in [7, 11) is 0. The van der Waals surface area contributed by atoms with Crippen molar-refractivity contribution in [3.05, 3.63) is 20.2 Å². The van der Waals surface area contributed by atoms with Crippen molar-refractivity contribution in [1.29, 1.82) is 0 Å². The summed E-state index contributed by atoms with van der Waals surface area (Å²) in [6.45, 7) is 0. The number of rotatable bonds is 0. The second-order valence-corrected chi connectivity index (χ2v) is 4.55. The first-order valence-electron chi connectivity index (χ1n) is 3.02. The molecule has 0 saturated carbocycles. The fraction of sp³-hybridized carbons (Fsp3) is 0.429. The second-order valence-electron chi connectivity index (χ2n) is 2.53. The highest BCUT2D eigenvalue weighted by molar-refractivity contribution is 14.1. The molecule has 0 aromatic rings. The van der Waals surface area contributed by atoms with E-state index in [1.54, 1.807) is 0 Å². The van der Waals surface area contributed by atoms with Crippen LogP contribution >= 0.6 is 38.5 Å². The molecule has 0 aromatic carbocycles. The normalized spacial score (nSPS) is 38.9. The van der Waals surface area contributed by atoms with Crippen molar-refractivity contribution >= 4 is 38.5 Å². The van der Waals surface area contributed by atoms with Gasteiger partial charge in [0.25, 0.3) is 0 Å². The summed E-state index contributed by atoms with van der Waals surface area (Å²) < 4.78 is 2.94. The third-order valence-electron chi connectivity index (χ3n) is 1.96. The van der Waals surface area contributed by atoms with Gasteiger partial charge in [0, 0.05) is 19.9 Å². The van der Waals surface area contributed by atoms with E-state index in [-0.39, 0.29) is 0 Å². The van der Waals surface area contributed by atoms with Crippen LogP contribution in [0.15, 0.2) is 20.2 Å². The third-order valence-corrected chi connectivity index (χ3v) is 5.10. The molecule has 2 unspecified atom stereocenters. The number of allylic oxidation sites excluding steroid dienone is 4. The maximum atomic E-state index is 3.58. The molecule has 2 bridgehead atoms. The van der Waals surface area contributed by atoms with E-state index in [2.05, 4.69) is 50.7 Å². The molecule has 2 rings (SSSR count). The first-order chi connectivity index (χ1) is 4.29. The van der Waals surface area contributed by atoms with Crippen LogP contribution in [0.3, 0.4) is 0 Å². The van der Waals surface area contributed by atoms with Crippen LogP contribution < -0.4 is 0 Å². The Morgan fingerprint density at radius 2 is 2.11 bits per heavy atom. The zero-order valence-electron chi connectivity index (χ0n) is 4.77. The van der Waals surface area contributed by atoms with E-state index in [1.807, 2.05) is 0 Å². The molecule has 0 spiro atoms. The number of hydrogen-bond donors (Lipinski definition) is 0. The van der Waals surface area contributed by atoms with Crippen LogP contribution in [0.1, 0.15) is 6.42 Å². The van der Waals surface area contributed by atoms with Gasteiger partial charge in [-0.15, -0.1) is 0 Å². The van der Waals surface area contributed by atoms with Gasteiger partial charge in [0.1, 0.15) is 0 Å². The van der Waals surface area contributed by atoms with Crippen LogP contribution in [-0.4, -0.2) is 0 Å². The number of halogens is 2. The summed E-state index contributed by atoms with van der Waals surface area (Å²) in [4.78, 5) is 0. The minimum absolute atomic E-state index is 0.724.